The largest absolute Gasteiger partial charge is 0.359 e. The Labute approximate surface area is 148 Å². The van der Waals surface area contributed by atoms with E-state index in [1.165, 1.54) is 13.0 Å². The van der Waals surface area contributed by atoms with Crippen LogP contribution in [0.4, 0.5) is 5.82 Å². The summed E-state index contributed by atoms with van der Waals surface area (Å²) < 4.78 is 1.92. The van der Waals surface area contributed by atoms with Crippen molar-refractivity contribution >= 4 is 11.5 Å². The standard InChI is InChI=1S/C19H24N6/c1-19(7-11-23(2)13-19)14-24(3)18-12-16(15-4-8-20-9-5-15)22-17-6-10-21-25(17)18/h4-6,8-10,12H,7,11,13-14H2,1-3H3. The fraction of sp³-hybridized carbons (Fsp3) is 0.421. The summed E-state index contributed by atoms with van der Waals surface area (Å²) in [6.45, 7) is 5.66. The number of aromatic nitrogens is 4. The van der Waals surface area contributed by atoms with Crippen LogP contribution < -0.4 is 4.90 Å². The lowest BCUT2D eigenvalue weighted by atomic mass is 9.89. The molecule has 0 aliphatic carbocycles. The maximum atomic E-state index is 4.75. The number of nitrogens with zero attached hydrogens (tertiary/aromatic N) is 6. The molecule has 0 aromatic carbocycles. The summed E-state index contributed by atoms with van der Waals surface area (Å²) >= 11 is 0. The third-order valence-corrected chi connectivity index (χ3v) is 5.08. The van der Waals surface area contributed by atoms with E-state index in [0.29, 0.717) is 5.41 Å². The van der Waals surface area contributed by atoms with Gasteiger partial charge >= 0.3 is 0 Å². The highest BCUT2D eigenvalue weighted by Gasteiger charge is 2.33. The van der Waals surface area contributed by atoms with Crippen molar-refractivity contribution in [3.8, 4) is 11.3 Å². The number of hydrogen-bond donors (Lipinski definition) is 0. The molecule has 1 unspecified atom stereocenters. The van der Waals surface area contributed by atoms with Crippen LogP contribution >= 0.6 is 0 Å². The van der Waals surface area contributed by atoms with Crippen molar-refractivity contribution in [3.05, 3.63) is 42.9 Å². The number of pyridine rings is 1. The van der Waals surface area contributed by atoms with E-state index in [0.717, 1.165) is 35.8 Å². The van der Waals surface area contributed by atoms with Crippen LogP contribution in [-0.2, 0) is 0 Å². The molecular formula is C19H24N6. The maximum absolute atomic E-state index is 4.75. The maximum Gasteiger partial charge on any atom is 0.157 e. The molecule has 0 N–H and O–H groups in total. The summed E-state index contributed by atoms with van der Waals surface area (Å²) in [5.41, 5.74) is 3.18. The van der Waals surface area contributed by atoms with E-state index in [1.807, 2.05) is 22.7 Å². The van der Waals surface area contributed by atoms with Gasteiger partial charge < -0.3 is 9.80 Å². The van der Waals surface area contributed by atoms with E-state index in [2.05, 4.69) is 47.0 Å². The molecule has 0 spiro atoms. The van der Waals surface area contributed by atoms with E-state index >= 15 is 0 Å². The summed E-state index contributed by atoms with van der Waals surface area (Å²) in [5, 5.41) is 4.48. The first-order valence-electron chi connectivity index (χ1n) is 8.69. The molecule has 130 valence electrons. The molecule has 1 saturated heterocycles. The van der Waals surface area contributed by atoms with Crippen LogP contribution in [0.1, 0.15) is 13.3 Å². The number of hydrogen-bond acceptors (Lipinski definition) is 5. The fourth-order valence-electron chi connectivity index (χ4n) is 3.89. The second kappa shape index (κ2) is 6.11. The van der Waals surface area contributed by atoms with Crippen molar-refractivity contribution in [2.24, 2.45) is 5.41 Å². The van der Waals surface area contributed by atoms with Crippen molar-refractivity contribution in [3.63, 3.8) is 0 Å². The van der Waals surface area contributed by atoms with Crippen LogP contribution in [0.15, 0.2) is 42.9 Å². The van der Waals surface area contributed by atoms with Gasteiger partial charge in [0.05, 0.1) is 11.9 Å². The van der Waals surface area contributed by atoms with Crippen LogP contribution in [0, 0.1) is 5.41 Å². The monoisotopic (exact) mass is 336 g/mol. The van der Waals surface area contributed by atoms with Gasteiger partial charge in [-0.15, -0.1) is 0 Å². The Bertz CT molecular complexity index is 874. The lowest BCUT2D eigenvalue weighted by Crippen LogP contribution is -2.36. The molecule has 0 bridgehead atoms. The minimum Gasteiger partial charge on any atom is -0.359 e. The van der Waals surface area contributed by atoms with Crippen molar-refractivity contribution in [2.45, 2.75) is 13.3 Å². The predicted molar refractivity (Wildman–Crippen MR) is 99.7 cm³/mol. The number of anilines is 1. The van der Waals surface area contributed by atoms with Gasteiger partial charge in [-0.2, -0.15) is 9.61 Å². The minimum absolute atomic E-state index is 0.295. The first kappa shape index (κ1) is 16.0. The van der Waals surface area contributed by atoms with Crippen molar-refractivity contribution < 1.29 is 0 Å². The number of fused-ring (bicyclic) bond motifs is 1. The molecule has 1 atom stereocenters. The van der Waals surface area contributed by atoms with E-state index in [9.17, 15) is 0 Å². The van der Waals surface area contributed by atoms with Gasteiger partial charge in [-0.1, -0.05) is 6.92 Å². The highest BCUT2D eigenvalue weighted by atomic mass is 15.3. The molecule has 3 aromatic rings. The molecule has 4 heterocycles. The average Bonchev–Trinajstić information content (AvgIpc) is 3.20. The predicted octanol–water partition coefficient (Wildman–Crippen LogP) is 2.57. The lowest BCUT2D eigenvalue weighted by Gasteiger charge is -2.31. The van der Waals surface area contributed by atoms with Gasteiger partial charge in [0.25, 0.3) is 0 Å². The van der Waals surface area contributed by atoms with Gasteiger partial charge in [0, 0.05) is 50.2 Å². The smallest absolute Gasteiger partial charge is 0.157 e. The molecule has 1 aliphatic heterocycles. The third-order valence-electron chi connectivity index (χ3n) is 5.08. The van der Waals surface area contributed by atoms with Crippen molar-refractivity contribution in [1.82, 2.24) is 24.5 Å². The summed E-state index contributed by atoms with van der Waals surface area (Å²) in [6.07, 6.45) is 6.63. The molecule has 0 saturated carbocycles. The van der Waals surface area contributed by atoms with Gasteiger partial charge in [0.15, 0.2) is 5.65 Å². The highest BCUT2D eigenvalue weighted by Crippen LogP contribution is 2.32. The zero-order valence-electron chi connectivity index (χ0n) is 15.1. The third kappa shape index (κ3) is 3.09. The Balaban J connectivity index is 1.72. The first-order chi connectivity index (χ1) is 12.0. The van der Waals surface area contributed by atoms with E-state index < -0.39 is 0 Å². The zero-order chi connectivity index (χ0) is 17.4. The van der Waals surface area contributed by atoms with Gasteiger partial charge in [0.2, 0.25) is 0 Å². The Kier molecular flexibility index (Phi) is 3.92. The Morgan fingerprint density at radius 3 is 2.72 bits per heavy atom. The Morgan fingerprint density at radius 2 is 2.00 bits per heavy atom. The zero-order valence-corrected chi connectivity index (χ0v) is 15.1. The van der Waals surface area contributed by atoms with E-state index in [-0.39, 0.29) is 0 Å². The van der Waals surface area contributed by atoms with Gasteiger partial charge in [-0.3, -0.25) is 4.98 Å². The van der Waals surface area contributed by atoms with Crippen LogP contribution in [0.25, 0.3) is 16.9 Å². The lowest BCUT2D eigenvalue weighted by molar-refractivity contribution is 0.314. The van der Waals surface area contributed by atoms with Crippen LogP contribution in [0.2, 0.25) is 0 Å². The second-order valence-electron chi connectivity index (χ2n) is 7.49. The summed E-state index contributed by atoms with van der Waals surface area (Å²) in [4.78, 5) is 13.6. The van der Waals surface area contributed by atoms with Crippen LogP contribution in [0.3, 0.4) is 0 Å². The Morgan fingerprint density at radius 1 is 1.20 bits per heavy atom. The normalized spacial score (nSPS) is 21.1. The van der Waals surface area contributed by atoms with Crippen LogP contribution in [0.5, 0.6) is 0 Å². The SMILES string of the molecule is CN1CCC(C)(CN(C)c2cc(-c3ccncc3)nc3ccnn23)C1. The Hall–Kier alpha value is -2.47. The highest BCUT2D eigenvalue weighted by molar-refractivity contribution is 5.66. The minimum atomic E-state index is 0.295. The second-order valence-corrected chi connectivity index (χ2v) is 7.49. The van der Waals surface area contributed by atoms with Crippen LogP contribution in [-0.4, -0.2) is 58.2 Å². The van der Waals surface area contributed by atoms with E-state index in [4.69, 9.17) is 4.98 Å². The summed E-state index contributed by atoms with van der Waals surface area (Å²) in [7, 11) is 4.35. The molecular weight excluding hydrogens is 312 g/mol. The van der Waals surface area contributed by atoms with Crippen molar-refractivity contribution in [2.75, 3.05) is 38.6 Å². The molecule has 0 radical (unpaired) electrons. The molecule has 6 heteroatoms. The fourth-order valence-corrected chi connectivity index (χ4v) is 3.89. The molecule has 1 aliphatic rings. The van der Waals surface area contributed by atoms with Gasteiger partial charge in [0.1, 0.15) is 5.82 Å². The molecule has 0 amide bonds. The number of rotatable bonds is 4. The molecule has 3 aromatic heterocycles. The molecule has 25 heavy (non-hydrogen) atoms. The summed E-state index contributed by atoms with van der Waals surface area (Å²) in [5.74, 6) is 1.07. The van der Waals surface area contributed by atoms with E-state index in [1.54, 1.807) is 18.6 Å². The molecule has 4 rings (SSSR count). The average molecular weight is 336 g/mol. The molecule has 6 nitrogen and oxygen atoms in total. The quantitative estimate of drug-likeness (QED) is 0.733. The summed E-state index contributed by atoms with van der Waals surface area (Å²) in [6, 6.07) is 8.06. The van der Waals surface area contributed by atoms with Crippen molar-refractivity contribution in [1.29, 1.82) is 0 Å². The number of likely N-dealkylation sites (tertiary alicyclic amines) is 1. The first-order valence-corrected chi connectivity index (χ1v) is 8.69. The molecule has 1 fully saturated rings. The topological polar surface area (TPSA) is 49.6 Å². The van der Waals surface area contributed by atoms with Gasteiger partial charge in [-0.25, -0.2) is 4.98 Å². The van der Waals surface area contributed by atoms with Gasteiger partial charge in [-0.05, 0) is 37.6 Å².